The Morgan fingerprint density at radius 2 is 2.09 bits per heavy atom. The standard InChI is InChI=1S/C22H26F3NO6/c23-22(24,25)14-2-1-3-17(10-14)31-12-16(27)4-5-18-19-11-15(8-13(19)9-20(18)28)26-32-7-6-21(29)30/h1-5,10,13,16,18-20,27-28H,6-9,11-12H2,(H,29,30)/t13-,16?,18-,19+,20-/m0/s1. The topological polar surface area (TPSA) is 109 Å². The highest BCUT2D eigenvalue weighted by molar-refractivity contribution is 5.86. The van der Waals surface area contributed by atoms with Crippen LogP contribution >= 0.6 is 0 Å². The summed E-state index contributed by atoms with van der Waals surface area (Å²) in [5.41, 5.74) is -0.00471. The van der Waals surface area contributed by atoms with Crippen LogP contribution in [-0.2, 0) is 15.8 Å². The SMILES string of the molecule is O=C(O)CCON=C1C[C@H]2C[C@H](O)[C@@H](C=CC(O)COc3cccc(C(F)(F)F)c3)[C@@H]2C1. The van der Waals surface area contributed by atoms with Crippen molar-refractivity contribution in [2.24, 2.45) is 22.9 Å². The predicted octanol–water partition coefficient (Wildman–Crippen LogP) is 3.26. The molecular formula is C22H26F3NO6. The van der Waals surface area contributed by atoms with Crippen molar-refractivity contribution in [1.29, 1.82) is 0 Å². The highest BCUT2D eigenvalue weighted by Gasteiger charge is 2.46. The molecule has 0 saturated heterocycles. The Morgan fingerprint density at radius 1 is 1.31 bits per heavy atom. The van der Waals surface area contributed by atoms with Crippen molar-refractivity contribution in [3.63, 3.8) is 0 Å². The molecule has 32 heavy (non-hydrogen) atoms. The zero-order valence-electron chi connectivity index (χ0n) is 17.2. The lowest BCUT2D eigenvalue weighted by Gasteiger charge is -2.17. The number of oxime groups is 1. The van der Waals surface area contributed by atoms with Crippen LogP contribution in [0.5, 0.6) is 5.75 Å². The van der Waals surface area contributed by atoms with Crippen molar-refractivity contribution in [1.82, 2.24) is 0 Å². The summed E-state index contributed by atoms with van der Waals surface area (Å²) in [6, 6.07) is 4.44. The Morgan fingerprint density at radius 3 is 2.81 bits per heavy atom. The summed E-state index contributed by atoms with van der Waals surface area (Å²) in [7, 11) is 0. The van der Waals surface area contributed by atoms with E-state index in [0.29, 0.717) is 19.3 Å². The number of carboxylic acids is 1. The van der Waals surface area contributed by atoms with Gasteiger partial charge >= 0.3 is 12.1 Å². The zero-order chi connectivity index (χ0) is 23.3. The zero-order valence-corrected chi connectivity index (χ0v) is 17.2. The lowest BCUT2D eigenvalue weighted by atomic mass is 9.90. The van der Waals surface area contributed by atoms with Crippen LogP contribution in [-0.4, -0.2) is 52.4 Å². The molecule has 0 radical (unpaired) electrons. The van der Waals surface area contributed by atoms with Gasteiger partial charge in [0.15, 0.2) is 0 Å². The number of carbonyl (C=O) groups is 1. The molecule has 0 bridgehead atoms. The van der Waals surface area contributed by atoms with Crippen molar-refractivity contribution in [3.8, 4) is 5.75 Å². The van der Waals surface area contributed by atoms with Gasteiger partial charge in [0.2, 0.25) is 0 Å². The molecule has 0 spiro atoms. The fraction of sp³-hybridized carbons (Fsp3) is 0.545. The number of halogens is 3. The number of hydrogen-bond acceptors (Lipinski definition) is 6. The van der Waals surface area contributed by atoms with E-state index in [1.54, 1.807) is 6.08 Å². The molecule has 0 aromatic heterocycles. The minimum atomic E-state index is -4.47. The molecule has 3 rings (SSSR count). The molecule has 2 aliphatic rings. The van der Waals surface area contributed by atoms with Gasteiger partial charge < -0.3 is 24.9 Å². The van der Waals surface area contributed by atoms with Crippen molar-refractivity contribution in [2.45, 2.75) is 44.1 Å². The Labute approximate surface area is 183 Å². The number of carboxylic acid groups (broad SMARTS) is 1. The normalized spacial score (nSPS) is 27.6. The molecule has 1 unspecified atom stereocenters. The van der Waals surface area contributed by atoms with Crippen LogP contribution in [0.2, 0.25) is 0 Å². The Bertz CT molecular complexity index is 856. The largest absolute Gasteiger partial charge is 0.491 e. The van der Waals surface area contributed by atoms with Gasteiger partial charge in [0.1, 0.15) is 25.1 Å². The fourth-order valence-corrected chi connectivity index (χ4v) is 4.31. The fourth-order valence-electron chi connectivity index (χ4n) is 4.31. The van der Waals surface area contributed by atoms with Gasteiger partial charge in [-0.25, -0.2) is 0 Å². The number of hydrogen-bond donors (Lipinski definition) is 3. The second kappa shape index (κ2) is 10.4. The van der Waals surface area contributed by atoms with Crippen LogP contribution in [0.4, 0.5) is 13.2 Å². The molecule has 3 N–H and O–H groups in total. The monoisotopic (exact) mass is 457 g/mol. The highest BCUT2D eigenvalue weighted by atomic mass is 19.4. The third kappa shape index (κ3) is 6.46. The molecule has 5 atom stereocenters. The minimum absolute atomic E-state index is 0.00179. The Balaban J connectivity index is 1.51. The van der Waals surface area contributed by atoms with Gasteiger partial charge in [-0.05, 0) is 49.3 Å². The summed E-state index contributed by atoms with van der Waals surface area (Å²) in [6.07, 6.45) is -1.14. The number of aliphatic hydroxyl groups is 2. The second-order valence-corrected chi connectivity index (χ2v) is 8.14. The third-order valence-corrected chi connectivity index (χ3v) is 5.80. The molecule has 2 fully saturated rings. The first-order chi connectivity index (χ1) is 15.1. The van der Waals surface area contributed by atoms with Crippen LogP contribution in [0.15, 0.2) is 41.6 Å². The summed E-state index contributed by atoms with van der Waals surface area (Å²) >= 11 is 0. The number of fused-ring (bicyclic) bond motifs is 1. The molecule has 7 nitrogen and oxygen atoms in total. The lowest BCUT2D eigenvalue weighted by molar-refractivity contribution is -0.138. The number of rotatable bonds is 9. The molecule has 1 aromatic carbocycles. The molecule has 0 heterocycles. The highest BCUT2D eigenvalue weighted by Crippen LogP contribution is 2.47. The van der Waals surface area contributed by atoms with Crippen molar-refractivity contribution >= 4 is 11.7 Å². The van der Waals surface area contributed by atoms with E-state index >= 15 is 0 Å². The van der Waals surface area contributed by atoms with Crippen LogP contribution in [0, 0.1) is 17.8 Å². The number of alkyl halides is 3. The quantitative estimate of drug-likeness (QED) is 0.298. The van der Waals surface area contributed by atoms with Gasteiger partial charge in [-0.15, -0.1) is 0 Å². The van der Waals surface area contributed by atoms with Crippen LogP contribution in [0.1, 0.15) is 31.2 Å². The maximum atomic E-state index is 12.8. The van der Waals surface area contributed by atoms with Gasteiger partial charge in [-0.3, -0.25) is 4.79 Å². The van der Waals surface area contributed by atoms with E-state index in [0.717, 1.165) is 17.8 Å². The number of aliphatic hydroxyl groups excluding tert-OH is 2. The predicted molar refractivity (Wildman–Crippen MR) is 108 cm³/mol. The van der Waals surface area contributed by atoms with Gasteiger partial charge in [0, 0.05) is 5.92 Å². The van der Waals surface area contributed by atoms with Gasteiger partial charge in [-0.1, -0.05) is 23.4 Å². The van der Waals surface area contributed by atoms with Gasteiger partial charge in [0.05, 0.1) is 23.8 Å². The van der Waals surface area contributed by atoms with E-state index in [1.165, 1.54) is 18.2 Å². The molecule has 2 aliphatic carbocycles. The van der Waals surface area contributed by atoms with E-state index in [1.807, 2.05) is 0 Å². The molecule has 0 amide bonds. The molecule has 1 aromatic rings. The van der Waals surface area contributed by atoms with E-state index in [9.17, 15) is 28.2 Å². The van der Waals surface area contributed by atoms with E-state index in [2.05, 4.69) is 5.16 Å². The maximum absolute atomic E-state index is 12.8. The second-order valence-electron chi connectivity index (χ2n) is 8.14. The molecule has 176 valence electrons. The lowest BCUT2D eigenvalue weighted by Crippen LogP contribution is -2.20. The first-order valence-corrected chi connectivity index (χ1v) is 10.4. The van der Waals surface area contributed by atoms with Crippen LogP contribution in [0.25, 0.3) is 0 Å². The van der Waals surface area contributed by atoms with Crippen molar-refractivity contribution in [2.75, 3.05) is 13.2 Å². The first-order valence-electron chi connectivity index (χ1n) is 10.4. The van der Waals surface area contributed by atoms with E-state index in [4.69, 9.17) is 14.7 Å². The summed E-state index contributed by atoms with van der Waals surface area (Å²) < 4.78 is 43.6. The minimum Gasteiger partial charge on any atom is -0.491 e. The summed E-state index contributed by atoms with van der Waals surface area (Å²) in [4.78, 5) is 15.6. The molecule has 2 saturated carbocycles. The molecule has 10 heteroatoms. The third-order valence-electron chi connectivity index (χ3n) is 5.80. The first kappa shape index (κ1) is 24.1. The van der Waals surface area contributed by atoms with Gasteiger partial charge in [-0.2, -0.15) is 13.2 Å². The number of nitrogens with zero attached hydrogens (tertiary/aromatic N) is 1. The summed E-state index contributed by atoms with van der Waals surface area (Å²) in [5, 5.41) is 33.2. The average Bonchev–Trinajstić information content (AvgIpc) is 3.24. The summed E-state index contributed by atoms with van der Waals surface area (Å²) in [5.74, 6) is -0.806. The Hall–Kier alpha value is -2.59. The number of benzene rings is 1. The Kier molecular flexibility index (Phi) is 7.78. The van der Waals surface area contributed by atoms with Crippen molar-refractivity contribution < 1.29 is 42.9 Å². The number of ether oxygens (including phenoxy) is 1. The van der Waals surface area contributed by atoms with Crippen molar-refractivity contribution in [3.05, 3.63) is 42.0 Å². The van der Waals surface area contributed by atoms with E-state index in [-0.39, 0.29) is 43.1 Å². The van der Waals surface area contributed by atoms with Crippen LogP contribution < -0.4 is 4.74 Å². The van der Waals surface area contributed by atoms with E-state index < -0.39 is 29.9 Å². The molecule has 0 aliphatic heterocycles. The smallest absolute Gasteiger partial charge is 0.416 e. The average molecular weight is 457 g/mol. The van der Waals surface area contributed by atoms with Crippen LogP contribution in [0.3, 0.4) is 0 Å². The van der Waals surface area contributed by atoms with Gasteiger partial charge in [0.25, 0.3) is 0 Å². The summed E-state index contributed by atoms with van der Waals surface area (Å²) in [6.45, 7) is -0.225. The molecular weight excluding hydrogens is 431 g/mol. The number of aliphatic carboxylic acids is 1. The maximum Gasteiger partial charge on any atom is 0.416 e.